The molecule has 124 valence electrons. The summed E-state index contributed by atoms with van der Waals surface area (Å²) in [6.45, 7) is 0. The highest BCUT2D eigenvalue weighted by Crippen LogP contribution is 2.37. The Balaban J connectivity index is 2.40. The number of benzene rings is 2. The maximum Gasteiger partial charge on any atom is 0.416 e. The molecule has 1 unspecified atom stereocenters. The predicted octanol–water partition coefficient (Wildman–Crippen LogP) is 5.00. The molecule has 0 saturated heterocycles. The van der Waals surface area contributed by atoms with Gasteiger partial charge < -0.3 is 5.11 Å². The average molecular weight is 334 g/mol. The van der Waals surface area contributed by atoms with Crippen molar-refractivity contribution in [2.75, 3.05) is 0 Å². The van der Waals surface area contributed by atoms with Crippen molar-refractivity contribution in [1.29, 1.82) is 0 Å². The fourth-order valence-electron chi connectivity index (χ4n) is 2.13. The summed E-state index contributed by atoms with van der Waals surface area (Å²) < 4.78 is 76.7. The zero-order valence-corrected chi connectivity index (χ0v) is 11.6. The smallest absolute Gasteiger partial charge is 0.388 e. The van der Waals surface area contributed by atoms with E-state index in [0.717, 1.165) is 0 Å². The van der Waals surface area contributed by atoms with Crippen LogP contribution in [0.3, 0.4) is 0 Å². The summed E-state index contributed by atoms with van der Waals surface area (Å²) in [5.74, 6) is 0. The van der Waals surface area contributed by atoms with E-state index < -0.39 is 35.1 Å². The number of hydrogen-bond donors (Lipinski definition) is 1. The summed E-state index contributed by atoms with van der Waals surface area (Å²) in [5.41, 5.74) is -2.69. The molecule has 0 saturated carbocycles. The van der Waals surface area contributed by atoms with Crippen LogP contribution < -0.4 is 0 Å². The minimum absolute atomic E-state index is 0.0404. The summed E-state index contributed by atoms with van der Waals surface area (Å²) in [5, 5.41) is 10.0. The van der Waals surface area contributed by atoms with Crippen LogP contribution in [-0.4, -0.2) is 5.11 Å². The lowest BCUT2D eigenvalue weighted by Gasteiger charge is -2.17. The SMILES string of the molecule is OC(Cc1ccccc1)c1cc(C(F)(F)F)cc(C(F)(F)F)c1. The van der Waals surface area contributed by atoms with Crippen molar-refractivity contribution in [2.24, 2.45) is 0 Å². The largest absolute Gasteiger partial charge is 0.416 e. The molecule has 2 rings (SSSR count). The van der Waals surface area contributed by atoms with Gasteiger partial charge in [0.25, 0.3) is 0 Å². The van der Waals surface area contributed by atoms with Crippen molar-refractivity contribution in [3.05, 3.63) is 70.8 Å². The number of hydrogen-bond acceptors (Lipinski definition) is 1. The molecule has 0 aromatic heterocycles. The first-order valence-corrected chi connectivity index (χ1v) is 6.59. The molecule has 1 N–H and O–H groups in total. The van der Waals surface area contributed by atoms with Crippen molar-refractivity contribution in [3.63, 3.8) is 0 Å². The first-order valence-electron chi connectivity index (χ1n) is 6.59. The summed E-state index contributed by atoms with van der Waals surface area (Å²) >= 11 is 0. The standard InChI is InChI=1S/C16H12F6O/c17-15(18,19)12-7-11(8-13(9-12)16(20,21)22)14(23)6-10-4-2-1-3-5-10/h1-5,7-9,14,23H,6H2. The Kier molecular flexibility index (Phi) is 4.70. The van der Waals surface area contributed by atoms with Crippen molar-refractivity contribution in [1.82, 2.24) is 0 Å². The highest BCUT2D eigenvalue weighted by molar-refractivity contribution is 5.35. The third-order valence-electron chi connectivity index (χ3n) is 3.27. The Labute approximate surface area is 128 Å². The maximum atomic E-state index is 12.8. The molecule has 0 bridgehead atoms. The molecule has 7 heteroatoms. The number of aliphatic hydroxyl groups excluding tert-OH is 1. The molecule has 0 amide bonds. The van der Waals surface area contributed by atoms with E-state index in [0.29, 0.717) is 17.7 Å². The van der Waals surface area contributed by atoms with Crippen LogP contribution in [0, 0.1) is 0 Å². The molecule has 0 aliphatic heterocycles. The zero-order chi connectivity index (χ0) is 17.3. The van der Waals surface area contributed by atoms with Crippen molar-refractivity contribution in [2.45, 2.75) is 24.9 Å². The molecule has 0 aliphatic rings. The van der Waals surface area contributed by atoms with Gasteiger partial charge in [-0.15, -0.1) is 0 Å². The van der Waals surface area contributed by atoms with Crippen LogP contribution >= 0.6 is 0 Å². The maximum absolute atomic E-state index is 12.8. The van der Waals surface area contributed by atoms with E-state index in [2.05, 4.69) is 0 Å². The van der Waals surface area contributed by atoms with Gasteiger partial charge in [-0.3, -0.25) is 0 Å². The van der Waals surface area contributed by atoms with E-state index in [4.69, 9.17) is 0 Å². The van der Waals surface area contributed by atoms with Crippen molar-refractivity contribution >= 4 is 0 Å². The van der Waals surface area contributed by atoms with Crippen LogP contribution in [0.2, 0.25) is 0 Å². The Bertz CT molecular complexity index is 628. The third kappa shape index (κ3) is 4.48. The monoisotopic (exact) mass is 334 g/mol. The van der Waals surface area contributed by atoms with E-state index in [1.165, 1.54) is 0 Å². The van der Waals surface area contributed by atoms with Gasteiger partial charge in [0.1, 0.15) is 0 Å². The van der Waals surface area contributed by atoms with Gasteiger partial charge in [0.15, 0.2) is 0 Å². The predicted molar refractivity (Wildman–Crippen MR) is 71.6 cm³/mol. The molecule has 0 heterocycles. The minimum atomic E-state index is -4.93. The summed E-state index contributed by atoms with van der Waals surface area (Å²) in [6, 6.07) is 9.42. The third-order valence-corrected chi connectivity index (χ3v) is 3.27. The van der Waals surface area contributed by atoms with Crippen LogP contribution in [0.1, 0.15) is 28.4 Å². The van der Waals surface area contributed by atoms with Gasteiger partial charge in [-0.1, -0.05) is 30.3 Å². The molecular weight excluding hydrogens is 322 g/mol. The normalized spacial score (nSPS) is 13.9. The van der Waals surface area contributed by atoms with Gasteiger partial charge in [-0.05, 0) is 29.3 Å². The van der Waals surface area contributed by atoms with Gasteiger partial charge in [0, 0.05) is 6.42 Å². The number of halogens is 6. The summed E-state index contributed by atoms with van der Waals surface area (Å²) in [4.78, 5) is 0. The Morgan fingerprint density at radius 1 is 0.783 bits per heavy atom. The topological polar surface area (TPSA) is 20.2 Å². The molecule has 0 spiro atoms. The lowest BCUT2D eigenvalue weighted by Crippen LogP contribution is -2.13. The van der Waals surface area contributed by atoms with Crippen LogP contribution in [0.15, 0.2) is 48.5 Å². The Hall–Kier alpha value is -2.02. The van der Waals surface area contributed by atoms with Gasteiger partial charge in [0.05, 0.1) is 17.2 Å². The lowest BCUT2D eigenvalue weighted by atomic mass is 9.97. The number of rotatable bonds is 3. The lowest BCUT2D eigenvalue weighted by molar-refractivity contribution is -0.143. The first-order chi connectivity index (χ1) is 10.6. The van der Waals surface area contributed by atoms with Crippen LogP contribution in [0.5, 0.6) is 0 Å². The van der Waals surface area contributed by atoms with Crippen molar-refractivity contribution < 1.29 is 31.4 Å². The molecule has 0 fully saturated rings. The van der Waals surface area contributed by atoms with Gasteiger partial charge in [-0.25, -0.2) is 0 Å². The average Bonchev–Trinajstić information content (AvgIpc) is 2.46. The molecular formula is C16H12F6O. The molecule has 23 heavy (non-hydrogen) atoms. The number of alkyl halides is 6. The molecule has 0 radical (unpaired) electrons. The van der Waals surface area contributed by atoms with E-state index in [-0.39, 0.29) is 12.5 Å². The van der Waals surface area contributed by atoms with E-state index in [1.54, 1.807) is 30.3 Å². The van der Waals surface area contributed by atoms with E-state index >= 15 is 0 Å². The van der Waals surface area contributed by atoms with Gasteiger partial charge in [-0.2, -0.15) is 26.3 Å². The van der Waals surface area contributed by atoms with Gasteiger partial charge >= 0.3 is 12.4 Å². The fourth-order valence-corrected chi connectivity index (χ4v) is 2.13. The first kappa shape index (κ1) is 17.3. The quantitative estimate of drug-likeness (QED) is 0.783. The van der Waals surface area contributed by atoms with E-state index in [1.807, 2.05) is 0 Å². The second-order valence-corrected chi connectivity index (χ2v) is 5.04. The minimum Gasteiger partial charge on any atom is -0.388 e. The number of aliphatic hydroxyl groups is 1. The molecule has 1 atom stereocenters. The van der Waals surface area contributed by atoms with Crippen molar-refractivity contribution in [3.8, 4) is 0 Å². The molecule has 2 aromatic rings. The van der Waals surface area contributed by atoms with Crippen LogP contribution in [0.4, 0.5) is 26.3 Å². The van der Waals surface area contributed by atoms with E-state index in [9.17, 15) is 31.4 Å². The second-order valence-electron chi connectivity index (χ2n) is 5.04. The van der Waals surface area contributed by atoms with Crippen LogP contribution in [-0.2, 0) is 18.8 Å². The summed E-state index contributed by atoms with van der Waals surface area (Å²) in [7, 11) is 0. The molecule has 2 aromatic carbocycles. The molecule has 1 nitrogen and oxygen atoms in total. The highest BCUT2D eigenvalue weighted by Gasteiger charge is 2.37. The summed E-state index contributed by atoms with van der Waals surface area (Å²) in [6.07, 6.45) is -11.4. The van der Waals surface area contributed by atoms with Gasteiger partial charge in [0.2, 0.25) is 0 Å². The Morgan fingerprint density at radius 2 is 1.26 bits per heavy atom. The fraction of sp³-hybridized carbons (Fsp3) is 0.250. The van der Waals surface area contributed by atoms with Crippen LogP contribution in [0.25, 0.3) is 0 Å². The Morgan fingerprint density at radius 3 is 1.70 bits per heavy atom. The highest BCUT2D eigenvalue weighted by atomic mass is 19.4. The molecule has 0 aliphatic carbocycles. The second kappa shape index (κ2) is 6.23. The zero-order valence-electron chi connectivity index (χ0n) is 11.6.